The first-order valence-corrected chi connectivity index (χ1v) is 50.5. The molecule has 0 aromatic heterocycles. The van der Waals surface area contributed by atoms with Crippen LogP contribution in [0, 0.1) is 35.5 Å². The van der Waals surface area contributed by atoms with E-state index in [4.69, 9.17) is 43.6 Å². The smallest absolute Gasteiger partial charge is 0.850 e. The van der Waals surface area contributed by atoms with Crippen molar-refractivity contribution >= 4 is 150 Å². The molecule has 6 saturated heterocycles. The number of allylic oxidation sites excluding steroid dienone is 1. The van der Waals surface area contributed by atoms with Crippen molar-refractivity contribution in [2.45, 2.75) is 354 Å². The number of alkyl halides is 1. The van der Waals surface area contributed by atoms with Crippen LogP contribution in [-0.2, 0) is 90.5 Å². The van der Waals surface area contributed by atoms with Gasteiger partial charge in [0.1, 0.15) is 17.2 Å². The minimum atomic E-state index is -0.818. The van der Waals surface area contributed by atoms with Crippen LogP contribution in [0.15, 0.2) is 68.3 Å². The van der Waals surface area contributed by atoms with Gasteiger partial charge in [0.15, 0.2) is 6.04 Å². The molecule has 6 heterocycles. The Morgan fingerprint density at radius 3 is 1.13 bits per heavy atom. The van der Waals surface area contributed by atoms with Gasteiger partial charge in [-0.25, -0.2) is 19.2 Å². The van der Waals surface area contributed by atoms with Gasteiger partial charge >= 0.3 is 93.4 Å². The second-order valence-electron chi connectivity index (χ2n) is 38.2. The molecule has 4 amide bonds. The number of nitrogens with one attached hydrogen (secondary N) is 1. The number of ether oxygens (including phenoxy) is 11. The number of likely N-dealkylation sites (tertiary alicyclic amines) is 4. The second kappa shape index (κ2) is 93.6. The summed E-state index contributed by atoms with van der Waals surface area (Å²) >= 11 is 3.13. The molecule has 141 heavy (non-hydrogen) atoms. The predicted octanol–water partition coefficient (Wildman–Crippen LogP) is 14.1. The van der Waals surface area contributed by atoms with Crippen molar-refractivity contribution in [3.63, 3.8) is 0 Å². The van der Waals surface area contributed by atoms with Crippen molar-refractivity contribution in [2.24, 2.45) is 46.2 Å². The number of amides is 4. The number of isocyanates is 1. The molecule has 5 unspecified atom stereocenters. The van der Waals surface area contributed by atoms with E-state index in [-0.39, 0.29) is 222 Å². The molecule has 10 fully saturated rings. The zero-order valence-corrected chi connectivity index (χ0v) is 98.0. The molecular formula is C102H187BBrCl2KN7O24S3. The third kappa shape index (κ3) is 79.1. The summed E-state index contributed by atoms with van der Waals surface area (Å²) in [6.45, 7) is 49.1. The van der Waals surface area contributed by atoms with Gasteiger partial charge in [0.05, 0.1) is 103 Å². The van der Waals surface area contributed by atoms with Gasteiger partial charge in [0.2, 0.25) is 17.9 Å². The number of esters is 4. The number of nitrogens with two attached hydrogens (primary N) is 1. The normalized spacial score (nSPS) is 20.3. The van der Waals surface area contributed by atoms with Crippen LogP contribution in [0.4, 0.5) is 9.59 Å². The van der Waals surface area contributed by atoms with Crippen molar-refractivity contribution in [2.75, 3.05) is 138 Å². The number of hydrogen-bond acceptors (Lipinski definition) is 26. The molecule has 10 aliphatic rings. The first-order chi connectivity index (χ1) is 63.7. The maximum atomic E-state index is 12.7. The van der Waals surface area contributed by atoms with Crippen LogP contribution in [0.25, 0.3) is 0 Å². The van der Waals surface area contributed by atoms with E-state index in [0.717, 1.165) is 186 Å². The van der Waals surface area contributed by atoms with Gasteiger partial charge in [-0.2, -0.15) is 45.5 Å². The van der Waals surface area contributed by atoms with E-state index < -0.39 is 52.8 Å². The first kappa shape index (κ1) is 153. The first-order valence-electron chi connectivity index (χ1n) is 49.4. The number of nitrogens with zero attached hydrogens (tertiary/aromatic N) is 5. The van der Waals surface area contributed by atoms with Crippen molar-refractivity contribution < 1.29 is 167 Å². The van der Waals surface area contributed by atoms with Crippen LogP contribution in [0.2, 0.25) is 0 Å². The monoisotopic (exact) mass is 2190 g/mol. The molecule has 5 N–H and O–H groups in total. The number of aliphatic imine (C=N–C) groups is 1. The summed E-state index contributed by atoms with van der Waals surface area (Å²) in [4.78, 5) is 125. The van der Waals surface area contributed by atoms with Crippen LogP contribution >= 0.6 is 81.2 Å². The van der Waals surface area contributed by atoms with E-state index >= 15 is 0 Å². The zero-order valence-electron chi connectivity index (χ0n) is 88.7. The zero-order chi connectivity index (χ0) is 101. The number of aliphatic hydroxyl groups excluding tert-OH is 1. The van der Waals surface area contributed by atoms with Crippen molar-refractivity contribution in [1.29, 1.82) is 0 Å². The molecule has 0 bridgehead atoms. The fraction of sp³-hybridized carbons (Fsp3) is 0.804. The summed E-state index contributed by atoms with van der Waals surface area (Å²) < 4.78 is 56.5. The molecule has 0 spiro atoms. The SMILES string of the molecule is C1CCOC1.C=CCBr.C=CCOC1CCCN(C(=O)C[C@H](C(=O)O)C2CCCCC2)C1.C=CCOC1CCCN(C(=O)C[C@H](C(=O)OC)C2CCCCC2)C1.C=CCOC1CCCN(C(=O)OC(C)(C)C)C1.C=CCOC1CCCNC1.CC(C)(C)OC(=O)N1CCCC(O)C1.CC(C)(C)[O-].CCOC(C)=O.COC(=O)[C@@H](N)C1CCCCC1.COC(=O)[C@@H](N=C=O)C1CCCCC1.Cl.Cl.S.S.S.[B].[K+]. The van der Waals surface area contributed by atoms with Gasteiger partial charge in [-0.3, -0.25) is 28.8 Å². The van der Waals surface area contributed by atoms with E-state index in [2.05, 4.69) is 73.3 Å². The molecule has 0 aromatic rings. The van der Waals surface area contributed by atoms with E-state index in [9.17, 15) is 63.3 Å². The average Bonchev–Trinajstić information content (AvgIpc) is 1.23. The molecule has 4 aliphatic carbocycles. The van der Waals surface area contributed by atoms with Crippen LogP contribution in [0.5, 0.6) is 0 Å². The number of piperidine rings is 5. The van der Waals surface area contributed by atoms with Crippen LogP contribution in [0.1, 0.15) is 294 Å². The number of carbonyl (C=O) groups is 9. The topological polar surface area (TPSA) is 399 Å². The minimum absolute atomic E-state index is 0. The van der Waals surface area contributed by atoms with Crippen molar-refractivity contribution in [3.8, 4) is 0 Å². The largest absolute Gasteiger partial charge is 1.00 e. The molecule has 39 heteroatoms. The number of rotatable bonds is 27. The van der Waals surface area contributed by atoms with Gasteiger partial charge in [0.25, 0.3) is 0 Å². The Balaban J connectivity index is -0.000000237. The fourth-order valence-corrected chi connectivity index (χ4v) is 16.7. The maximum Gasteiger partial charge on any atom is 1.00 e. The minimum Gasteiger partial charge on any atom is -0.850 e. The molecule has 9 atom stereocenters. The number of aliphatic carboxylic acids is 1. The standard InChI is InChI=1S/C19H31NO4.C18H29NO4.C13H23NO3.C10H19NO3.C10H15NO3.C9H17NO2.C8H15NO.C4H8O2.C4H8O.C4H9O.C3H5Br.B.2ClH.K.3H2S/c1-3-12-24-16-10-7-11-20(14-16)18(21)13-17(19(22)23-2)15-8-5-4-6-9-15;1-2-11-23-15-9-6-10-19(13-15)17(20)12-16(18(21)22)14-7-4-3-5-8-14;1-5-9-16-11-7-6-8-14(10-11)12(15)17-13(2,3)4;1-10(2,3)14-9(13)11-6-4-5-8(12)7-11;1-14-10(13)9(11-7-12)8-5-3-2-4-6-8;1-12-9(11)8(10)7-5-3-2-4-6-7;1-2-6-10-8-4-3-5-9-7-8;1-3-6-4(2)5;1-2-4-5-3-1;1-4(2,3)5;1-2-3-4;;;;;;;/h3,15-17H,1,4-14H2,2H3;2,14-16H,1,3-13H2,(H,21,22);5,11H,1,6-10H2,2-4H3;8,12H,4-7H2,1-3H3;8-9H,2-6H2,1H3;7-8H,2-6,10H2,1H3;2,8-9H,1,3-7H2;3H2,1-2H3;1-4H2;1-3H3;2H,1,3H2;;2*1H;;3*1H2/q;;;;;;;;;-1;;;;;+1;;;/t16?,17-;15?,16-;;;9-;8-;;;;;;;;;;;;/m00..00............/s1. The molecule has 817 valence electrons. The molecule has 6 aliphatic heterocycles. The molecule has 31 nitrogen and oxygen atoms in total. The Labute approximate surface area is 934 Å². The van der Waals surface area contributed by atoms with Gasteiger partial charge in [0, 0.05) is 99.1 Å². The average molecular weight is 2190 g/mol. The number of methoxy groups -OCH3 is 3. The Hall–Kier alpha value is -3.64. The van der Waals surface area contributed by atoms with Crippen LogP contribution in [-0.4, -0.2) is 296 Å². The predicted molar refractivity (Wildman–Crippen MR) is 577 cm³/mol. The molecule has 0 aromatic carbocycles. The number of hydrogen-bond donors (Lipinski definition) is 4. The number of β-amino-alcohol motifs (C(OH)–C–C–N with tert-alkyl or cyclic N) is 1. The third-order valence-corrected chi connectivity index (χ3v) is 23.7. The van der Waals surface area contributed by atoms with E-state index in [1.165, 1.54) is 98.5 Å². The fourth-order valence-electron chi connectivity index (χ4n) is 16.7. The van der Waals surface area contributed by atoms with Gasteiger partial charge in [-0.05, 0) is 207 Å². The number of carboxylic acid groups (broad SMARTS) is 1. The third-order valence-electron chi connectivity index (χ3n) is 23.3. The summed E-state index contributed by atoms with van der Waals surface area (Å²) in [6.07, 6.45) is 44.6. The summed E-state index contributed by atoms with van der Waals surface area (Å²) in [6, 6.07) is -1.02. The van der Waals surface area contributed by atoms with Gasteiger partial charge in [-0.1, -0.05) is 144 Å². The van der Waals surface area contributed by atoms with Crippen molar-refractivity contribution in [3.05, 3.63) is 63.3 Å². The Kier molecular flexibility index (Phi) is 101. The van der Waals surface area contributed by atoms with Gasteiger partial charge in [-0.15, -0.1) is 63.3 Å². The Morgan fingerprint density at radius 2 is 0.830 bits per heavy atom. The van der Waals surface area contributed by atoms with E-state index in [0.29, 0.717) is 84.3 Å². The van der Waals surface area contributed by atoms with Gasteiger partial charge < -0.3 is 98.1 Å². The molecule has 10 rings (SSSR count). The van der Waals surface area contributed by atoms with E-state index in [1.54, 1.807) is 72.8 Å². The maximum absolute atomic E-state index is 12.7. The van der Waals surface area contributed by atoms with Crippen LogP contribution < -0.4 is 67.5 Å². The Morgan fingerprint density at radius 1 is 0.496 bits per heavy atom. The van der Waals surface area contributed by atoms with Crippen LogP contribution in [0.3, 0.4) is 0 Å². The number of aliphatic hydroxyl groups is 1. The number of carboxylic acids is 1. The quantitative estimate of drug-likeness (QED) is 0.0113. The Bertz CT molecular complexity index is 3300. The molecule has 3 radical (unpaired) electrons. The summed E-state index contributed by atoms with van der Waals surface area (Å²) in [5, 5.41) is 33.2. The number of halogens is 3. The summed E-state index contributed by atoms with van der Waals surface area (Å²) in [5.41, 5.74) is 4.08. The second-order valence-corrected chi connectivity index (χ2v) is 38.8. The molecule has 4 saturated carbocycles. The number of carbonyl (C=O) groups excluding carboxylic acids is 9. The van der Waals surface area contributed by atoms with E-state index in [1.807, 2.05) is 46.4 Å². The summed E-state index contributed by atoms with van der Waals surface area (Å²) in [7, 11) is 4.13. The van der Waals surface area contributed by atoms with Crippen molar-refractivity contribution in [1.82, 2.24) is 24.9 Å². The molecular weight excluding hydrogens is 2000 g/mol. The summed E-state index contributed by atoms with van der Waals surface area (Å²) in [5.74, 6) is -1.78.